The van der Waals surface area contributed by atoms with Crippen LogP contribution in [0.15, 0.2) is 30.5 Å². The number of hydrogen-bond donors (Lipinski definition) is 3. The lowest BCUT2D eigenvalue weighted by molar-refractivity contribution is 0.292. The zero-order valence-electron chi connectivity index (χ0n) is 15.0. The molecule has 2 heterocycles. The van der Waals surface area contributed by atoms with Gasteiger partial charge in [0, 0.05) is 19.2 Å². The first-order valence-corrected chi connectivity index (χ1v) is 9.37. The lowest BCUT2D eigenvalue weighted by atomic mass is 10.2. The SMILES string of the molecule is OCCCNc1ncc2nc(Nc3ccccc3F)n(C3CCCC3)c2n1. The van der Waals surface area contributed by atoms with Crippen LogP contribution in [0.4, 0.5) is 22.0 Å². The third-order valence-corrected chi connectivity index (χ3v) is 4.86. The number of aromatic nitrogens is 4. The molecule has 3 N–H and O–H groups in total. The largest absolute Gasteiger partial charge is 0.396 e. The Hall–Kier alpha value is -2.74. The van der Waals surface area contributed by atoms with Gasteiger partial charge >= 0.3 is 0 Å². The molecule has 1 aliphatic carbocycles. The molecule has 0 aliphatic heterocycles. The maximum absolute atomic E-state index is 14.1. The highest BCUT2D eigenvalue weighted by Gasteiger charge is 2.24. The van der Waals surface area contributed by atoms with E-state index < -0.39 is 0 Å². The van der Waals surface area contributed by atoms with Crippen LogP contribution in [0.1, 0.15) is 38.1 Å². The molecule has 0 amide bonds. The Labute approximate surface area is 156 Å². The molecule has 0 radical (unpaired) electrons. The minimum absolute atomic E-state index is 0.117. The minimum atomic E-state index is -0.319. The van der Waals surface area contributed by atoms with E-state index in [9.17, 15) is 4.39 Å². The Bertz CT molecular complexity index is 922. The molecule has 4 rings (SSSR count). The summed E-state index contributed by atoms with van der Waals surface area (Å²) in [6, 6.07) is 6.85. The lowest BCUT2D eigenvalue weighted by Gasteiger charge is -2.17. The van der Waals surface area contributed by atoms with Crippen LogP contribution < -0.4 is 10.6 Å². The number of aliphatic hydroxyl groups is 1. The number of hydrogen-bond acceptors (Lipinski definition) is 6. The van der Waals surface area contributed by atoms with E-state index >= 15 is 0 Å². The second-order valence-corrected chi connectivity index (χ2v) is 6.75. The Kier molecular flexibility index (Phi) is 5.15. The molecular weight excluding hydrogens is 347 g/mol. The molecule has 8 heteroatoms. The third kappa shape index (κ3) is 3.71. The maximum atomic E-state index is 14.1. The number of rotatable bonds is 7. The molecule has 1 aromatic carbocycles. The predicted molar refractivity (Wildman–Crippen MR) is 103 cm³/mol. The van der Waals surface area contributed by atoms with Gasteiger partial charge in [-0.1, -0.05) is 25.0 Å². The number of anilines is 3. The highest BCUT2D eigenvalue weighted by Crippen LogP contribution is 2.36. The number of halogens is 1. The van der Waals surface area contributed by atoms with E-state index in [4.69, 9.17) is 5.11 Å². The van der Waals surface area contributed by atoms with Gasteiger partial charge in [-0.15, -0.1) is 0 Å². The zero-order chi connectivity index (χ0) is 18.6. The van der Waals surface area contributed by atoms with E-state index in [0.717, 1.165) is 31.3 Å². The Balaban J connectivity index is 1.73. The monoisotopic (exact) mass is 370 g/mol. The van der Waals surface area contributed by atoms with Crippen molar-refractivity contribution in [2.45, 2.75) is 38.1 Å². The van der Waals surface area contributed by atoms with Gasteiger partial charge in [0.15, 0.2) is 5.65 Å². The number of nitrogens with one attached hydrogen (secondary N) is 2. The molecule has 7 nitrogen and oxygen atoms in total. The van der Waals surface area contributed by atoms with Gasteiger partial charge in [0.2, 0.25) is 11.9 Å². The van der Waals surface area contributed by atoms with Gasteiger partial charge in [-0.25, -0.2) is 14.4 Å². The molecule has 0 bridgehead atoms. The van der Waals surface area contributed by atoms with Crippen LogP contribution >= 0.6 is 0 Å². The van der Waals surface area contributed by atoms with E-state index in [1.165, 1.54) is 6.07 Å². The highest BCUT2D eigenvalue weighted by molar-refractivity contribution is 5.76. The first-order chi connectivity index (χ1) is 13.3. The molecule has 1 fully saturated rings. The van der Waals surface area contributed by atoms with Crippen molar-refractivity contribution in [2.24, 2.45) is 0 Å². The quantitative estimate of drug-likeness (QED) is 0.551. The first-order valence-electron chi connectivity index (χ1n) is 9.37. The zero-order valence-corrected chi connectivity index (χ0v) is 15.0. The van der Waals surface area contributed by atoms with E-state index in [2.05, 4.69) is 30.2 Å². The van der Waals surface area contributed by atoms with Gasteiger partial charge in [0.1, 0.15) is 11.3 Å². The minimum Gasteiger partial charge on any atom is -0.396 e. The number of nitrogens with zero attached hydrogens (tertiary/aromatic N) is 4. The summed E-state index contributed by atoms with van der Waals surface area (Å²) in [4.78, 5) is 13.6. The summed E-state index contributed by atoms with van der Waals surface area (Å²) in [5.74, 6) is 0.774. The lowest BCUT2D eigenvalue weighted by Crippen LogP contribution is -2.11. The van der Waals surface area contributed by atoms with Crippen LogP contribution in [-0.4, -0.2) is 37.8 Å². The van der Waals surface area contributed by atoms with Crippen molar-refractivity contribution >= 4 is 28.7 Å². The van der Waals surface area contributed by atoms with Crippen LogP contribution in [0.25, 0.3) is 11.2 Å². The topological polar surface area (TPSA) is 87.9 Å². The second kappa shape index (κ2) is 7.87. The van der Waals surface area contributed by atoms with Crippen LogP contribution in [0.3, 0.4) is 0 Å². The van der Waals surface area contributed by atoms with E-state index in [1.54, 1.807) is 24.4 Å². The van der Waals surface area contributed by atoms with Gasteiger partial charge in [-0.05, 0) is 31.4 Å². The van der Waals surface area contributed by atoms with Crippen molar-refractivity contribution in [1.29, 1.82) is 0 Å². The van der Waals surface area contributed by atoms with Crippen molar-refractivity contribution in [1.82, 2.24) is 19.5 Å². The summed E-state index contributed by atoms with van der Waals surface area (Å²) in [5, 5.41) is 15.2. The fourth-order valence-electron chi connectivity index (χ4n) is 3.53. The van der Waals surface area contributed by atoms with Gasteiger partial charge < -0.3 is 15.7 Å². The summed E-state index contributed by atoms with van der Waals surface area (Å²) in [6.45, 7) is 0.714. The molecule has 142 valence electrons. The van der Waals surface area contributed by atoms with E-state index in [1.807, 2.05) is 0 Å². The molecule has 0 unspecified atom stereocenters. The Morgan fingerprint density at radius 3 is 2.78 bits per heavy atom. The summed E-state index contributed by atoms with van der Waals surface area (Å²) >= 11 is 0. The van der Waals surface area contributed by atoms with Gasteiger partial charge in [0.25, 0.3) is 0 Å². The van der Waals surface area contributed by atoms with Crippen LogP contribution in [0.2, 0.25) is 0 Å². The second-order valence-electron chi connectivity index (χ2n) is 6.75. The van der Waals surface area contributed by atoms with Crippen LogP contribution in [-0.2, 0) is 0 Å². The number of benzene rings is 1. The average Bonchev–Trinajstić information content (AvgIpc) is 3.31. The van der Waals surface area contributed by atoms with Crippen molar-refractivity contribution in [3.05, 3.63) is 36.3 Å². The van der Waals surface area contributed by atoms with Gasteiger partial charge in [0.05, 0.1) is 11.9 Å². The predicted octanol–water partition coefficient (Wildman–Crippen LogP) is 3.62. The highest BCUT2D eigenvalue weighted by atomic mass is 19.1. The number of fused-ring (bicyclic) bond motifs is 1. The molecular formula is C19H23FN6O. The van der Waals surface area contributed by atoms with Crippen molar-refractivity contribution in [3.63, 3.8) is 0 Å². The molecule has 0 saturated heterocycles. The fraction of sp³-hybridized carbons (Fsp3) is 0.421. The van der Waals surface area contributed by atoms with Crippen LogP contribution in [0.5, 0.6) is 0 Å². The molecule has 27 heavy (non-hydrogen) atoms. The van der Waals surface area contributed by atoms with Crippen molar-refractivity contribution < 1.29 is 9.50 Å². The summed E-state index contributed by atoms with van der Waals surface area (Å²) in [6.07, 6.45) is 6.74. The Morgan fingerprint density at radius 1 is 1.19 bits per heavy atom. The molecule has 3 aromatic rings. The normalized spacial score (nSPS) is 14.7. The summed E-state index contributed by atoms with van der Waals surface area (Å²) < 4.78 is 16.2. The third-order valence-electron chi connectivity index (χ3n) is 4.86. The standard InChI is InChI=1S/C19H23FN6O/c20-14-8-3-4-9-15(14)23-19-24-16-12-22-18(21-10-5-11-27)25-17(16)26(19)13-6-1-2-7-13/h3-4,8-9,12-13,27H,1-2,5-7,10-11H2,(H,23,24)(H,21,22,25). The van der Waals surface area contributed by atoms with E-state index in [0.29, 0.717) is 36.1 Å². The maximum Gasteiger partial charge on any atom is 0.224 e. The molecule has 1 aliphatic rings. The number of aliphatic hydroxyl groups excluding tert-OH is 1. The summed E-state index contributed by atoms with van der Waals surface area (Å²) in [5.41, 5.74) is 1.80. The average molecular weight is 370 g/mol. The van der Waals surface area contributed by atoms with Crippen molar-refractivity contribution in [2.75, 3.05) is 23.8 Å². The van der Waals surface area contributed by atoms with Crippen molar-refractivity contribution in [3.8, 4) is 0 Å². The summed E-state index contributed by atoms with van der Waals surface area (Å²) in [7, 11) is 0. The van der Waals surface area contributed by atoms with E-state index in [-0.39, 0.29) is 18.5 Å². The number of imidazole rings is 1. The Morgan fingerprint density at radius 2 is 2.00 bits per heavy atom. The fourth-order valence-corrected chi connectivity index (χ4v) is 3.53. The number of para-hydroxylation sites is 1. The van der Waals surface area contributed by atoms with Gasteiger partial charge in [-0.3, -0.25) is 4.57 Å². The van der Waals surface area contributed by atoms with Gasteiger partial charge in [-0.2, -0.15) is 4.98 Å². The first kappa shape index (κ1) is 17.7. The molecule has 0 atom stereocenters. The molecule has 1 saturated carbocycles. The smallest absolute Gasteiger partial charge is 0.224 e. The molecule has 2 aromatic heterocycles. The van der Waals surface area contributed by atoms with Crippen LogP contribution in [0, 0.1) is 5.82 Å². The molecule has 0 spiro atoms.